The molecule has 0 radical (unpaired) electrons. The van der Waals surface area contributed by atoms with Crippen LogP contribution in [-0.4, -0.2) is 0 Å². The molecule has 0 fully saturated rings. The van der Waals surface area contributed by atoms with Gasteiger partial charge in [0.1, 0.15) is 4.88 Å². The van der Waals surface area contributed by atoms with Crippen LogP contribution in [-0.2, 0) is 6.18 Å². The van der Waals surface area contributed by atoms with Crippen LogP contribution in [0.1, 0.15) is 30.2 Å². The fourth-order valence-electron chi connectivity index (χ4n) is 1.05. The van der Waals surface area contributed by atoms with Crippen molar-refractivity contribution < 1.29 is 13.2 Å². The van der Waals surface area contributed by atoms with Gasteiger partial charge in [-0.15, -0.1) is 23.7 Å². The van der Waals surface area contributed by atoms with E-state index >= 15 is 0 Å². The number of hydrogen-bond donors (Lipinski definition) is 1. The van der Waals surface area contributed by atoms with Gasteiger partial charge in [0.15, 0.2) is 0 Å². The number of thiophene rings is 1. The molecule has 0 saturated heterocycles. The van der Waals surface area contributed by atoms with Gasteiger partial charge in [0, 0.05) is 0 Å². The second-order valence-corrected chi connectivity index (χ2v) is 3.97. The highest BCUT2D eigenvalue weighted by atomic mass is 35.5. The fraction of sp³-hybridized carbons (Fsp3) is 0.500. The van der Waals surface area contributed by atoms with Crippen LogP contribution in [0.2, 0.25) is 0 Å². The number of nitrogen functional groups attached to an aromatic ring is 1. The molecule has 82 valence electrons. The Morgan fingerprint density at radius 1 is 1.36 bits per heavy atom. The van der Waals surface area contributed by atoms with Crippen LogP contribution in [0.5, 0.6) is 0 Å². The van der Waals surface area contributed by atoms with Crippen LogP contribution >= 0.6 is 23.7 Å². The van der Waals surface area contributed by atoms with Crippen molar-refractivity contribution in [2.24, 2.45) is 0 Å². The van der Waals surface area contributed by atoms with Crippen molar-refractivity contribution in [1.82, 2.24) is 0 Å². The maximum atomic E-state index is 12.3. The molecular weight excluding hydrogens is 235 g/mol. The molecule has 0 spiro atoms. The highest BCUT2D eigenvalue weighted by molar-refractivity contribution is 7.10. The zero-order valence-electron chi connectivity index (χ0n) is 7.68. The van der Waals surface area contributed by atoms with Gasteiger partial charge < -0.3 is 5.73 Å². The molecule has 6 heteroatoms. The Kier molecular flexibility index (Phi) is 4.27. The summed E-state index contributed by atoms with van der Waals surface area (Å²) in [5.74, 6) is 0.0346. The molecule has 1 nitrogen and oxygen atoms in total. The lowest BCUT2D eigenvalue weighted by Crippen LogP contribution is -2.06. The Hall–Kier alpha value is -0.420. The van der Waals surface area contributed by atoms with E-state index in [-0.39, 0.29) is 24.0 Å². The van der Waals surface area contributed by atoms with Gasteiger partial charge in [-0.3, -0.25) is 0 Å². The lowest BCUT2D eigenvalue weighted by Gasteiger charge is -2.07. The Labute approximate surface area is 90.5 Å². The van der Waals surface area contributed by atoms with E-state index in [4.69, 9.17) is 5.73 Å². The van der Waals surface area contributed by atoms with Crippen LogP contribution in [0.3, 0.4) is 0 Å². The molecule has 0 amide bonds. The summed E-state index contributed by atoms with van der Waals surface area (Å²) < 4.78 is 36.8. The monoisotopic (exact) mass is 245 g/mol. The Balaban J connectivity index is 0.00000169. The van der Waals surface area contributed by atoms with Crippen molar-refractivity contribution in [2.45, 2.75) is 25.9 Å². The summed E-state index contributed by atoms with van der Waals surface area (Å²) in [6.45, 7) is 3.64. The van der Waals surface area contributed by atoms with Gasteiger partial charge >= 0.3 is 6.18 Å². The fourth-order valence-corrected chi connectivity index (χ4v) is 2.07. The molecule has 0 aliphatic heterocycles. The first kappa shape index (κ1) is 13.6. The summed E-state index contributed by atoms with van der Waals surface area (Å²) >= 11 is 0.661. The van der Waals surface area contributed by atoms with Gasteiger partial charge in [-0.25, -0.2) is 0 Å². The Bertz CT molecular complexity index is 306. The maximum Gasteiger partial charge on any atom is 0.427 e. The van der Waals surface area contributed by atoms with E-state index in [1.54, 1.807) is 0 Å². The first-order chi connectivity index (χ1) is 5.84. The van der Waals surface area contributed by atoms with Gasteiger partial charge in [-0.1, -0.05) is 13.8 Å². The first-order valence-corrected chi connectivity index (χ1v) is 4.66. The van der Waals surface area contributed by atoms with Crippen molar-refractivity contribution >= 4 is 29.4 Å². The summed E-state index contributed by atoms with van der Waals surface area (Å²) in [7, 11) is 0. The van der Waals surface area contributed by atoms with Crippen molar-refractivity contribution in [3.05, 3.63) is 15.8 Å². The van der Waals surface area contributed by atoms with Gasteiger partial charge in [0.05, 0.1) is 5.69 Å². The van der Waals surface area contributed by atoms with Crippen LogP contribution in [0, 0.1) is 0 Å². The minimum Gasteiger partial charge on any atom is -0.397 e. The molecule has 1 aromatic heterocycles. The largest absolute Gasteiger partial charge is 0.427 e. The minimum absolute atomic E-state index is 0. The average Bonchev–Trinajstić information content (AvgIpc) is 2.28. The summed E-state index contributed by atoms with van der Waals surface area (Å²) in [6, 6.07) is 0. The number of anilines is 1. The molecular formula is C8H11ClF3NS. The predicted octanol–water partition coefficient (Wildman–Crippen LogP) is 3.89. The third kappa shape index (κ3) is 2.54. The van der Waals surface area contributed by atoms with Crippen molar-refractivity contribution in [1.29, 1.82) is 0 Å². The summed E-state index contributed by atoms with van der Waals surface area (Å²) in [4.78, 5) is -0.684. The van der Waals surface area contributed by atoms with Crippen molar-refractivity contribution in [3.8, 4) is 0 Å². The van der Waals surface area contributed by atoms with E-state index in [1.807, 2.05) is 13.8 Å². The lowest BCUT2D eigenvalue weighted by atomic mass is 10.1. The van der Waals surface area contributed by atoms with Crippen molar-refractivity contribution in [3.63, 3.8) is 0 Å². The Morgan fingerprint density at radius 3 is 2.07 bits per heavy atom. The van der Waals surface area contributed by atoms with Gasteiger partial charge in [-0.05, 0) is 16.9 Å². The van der Waals surface area contributed by atoms with Crippen molar-refractivity contribution in [2.75, 3.05) is 5.73 Å². The molecule has 0 bridgehead atoms. The van der Waals surface area contributed by atoms with E-state index in [9.17, 15) is 13.2 Å². The SMILES string of the molecule is CC(C)c1csc(C(F)(F)F)c1N.Cl. The van der Waals surface area contributed by atoms with Crippen LogP contribution in [0.15, 0.2) is 5.38 Å². The molecule has 2 N–H and O–H groups in total. The molecule has 0 saturated carbocycles. The molecule has 14 heavy (non-hydrogen) atoms. The molecule has 0 unspecified atom stereocenters. The van der Waals surface area contributed by atoms with E-state index in [2.05, 4.69) is 0 Å². The third-order valence-corrected chi connectivity index (χ3v) is 2.80. The quantitative estimate of drug-likeness (QED) is 0.798. The number of halogens is 4. The summed E-state index contributed by atoms with van der Waals surface area (Å²) in [5, 5.41) is 1.48. The van der Waals surface area contributed by atoms with Gasteiger partial charge in [0.25, 0.3) is 0 Å². The lowest BCUT2D eigenvalue weighted by molar-refractivity contribution is -0.133. The second-order valence-electron chi connectivity index (χ2n) is 3.09. The topological polar surface area (TPSA) is 26.0 Å². The Morgan fingerprint density at radius 2 is 1.86 bits per heavy atom. The van der Waals surface area contributed by atoms with Crippen LogP contribution < -0.4 is 5.73 Å². The van der Waals surface area contributed by atoms with E-state index in [0.717, 1.165) is 0 Å². The van der Waals surface area contributed by atoms with Crippen LogP contribution in [0.4, 0.5) is 18.9 Å². The molecule has 1 rings (SSSR count). The van der Waals surface area contributed by atoms with E-state index < -0.39 is 11.1 Å². The molecule has 0 aromatic carbocycles. The minimum atomic E-state index is -4.32. The van der Waals surface area contributed by atoms with E-state index in [0.29, 0.717) is 16.9 Å². The number of nitrogens with two attached hydrogens (primary N) is 1. The average molecular weight is 246 g/mol. The normalized spacial score (nSPS) is 11.6. The zero-order valence-corrected chi connectivity index (χ0v) is 9.32. The molecule has 0 atom stereocenters. The molecule has 0 aliphatic rings. The summed E-state index contributed by atoms with van der Waals surface area (Å²) in [6.07, 6.45) is -4.32. The zero-order chi connectivity index (χ0) is 10.2. The molecule has 1 heterocycles. The molecule has 1 aromatic rings. The number of rotatable bonds is 1. The maximum absolute atomic E-state index is 12.3. The molecule has 0 aliphatic carbocycles. The smallest absolute Gasteiger partial charge is 0.397 e. The predicted molar refractivity (Wildman–Crippen MR) is 55.1 cm³/mol. The highest BCUT2D eigenvalue weighted by Gasteiger charge is 2.35. The standard InChI is InChI=1S/C8H10F3NS.ClH/c1-4(2)5-3-13-7(6(5)12)8(9,10)11;/h3-4H,12H2,1-2H3;1H. The number of alkyl halides is 3. The van der Waals surface area contributed by atoms with E-state index in [1.165, 1.54) is 5.38 Å². The highest BCUT2D eigenvalue weighted by Crippen LogP contribution is 2.41. The first-order valence-electron chi connectivity index (χ1n) is 3.78. The van der Waals surface area contributed by atoms with Gasteiger partial charge in [-0.2, -0.15) is 13.2 Å². The van der Waals surface area contributed by atoms with Gasteiger partial charge in [0.2, 0.25) is 0 Å². The third-order valence-electron chi connectivity index (χ3n) is 1.74. The number of hydrogen-bond acceptors (Lipinski definition) is 2. The second kappa shape index (κ2) is 4.40. The van der Waals surface area contributed by atoms with Crippen LogP contribution in [0.25, 0.3) is 0 Å². The summed E-state index contributed by atoms with van der Waals surface area (Å²) in [5.41, 5.74) is 5.84.